The van der Waals surface area contributed by atoms with Crippen LogP contribution < -0.4 is 10.6 Å². The second kappa shape index (κ2) is 4.94. The highest BCUT2D eigenvalue weighted by molar-refractivity contribution is 5.95. The Morgan fingerprint density at radius 3 is 2.79 bits per heavy atom. The van der Waals surface area contributed by atoms with Gasteiger partial charge in [0.2, 0.25) is 0 Å². The first-order valence-corrected chi connectivity index (χ1v) is 6.89. The van der Waals surface area contributed by atoms with Crippen LogP contribution >= 0.6 is 0 Å². The topological polar surface area (TPSA) is 50.4 Å². The summed E-state index contributed by atoms with van der Waals surface area (Å²) >= 11 is 0. The summed E-state index contributed by atoms with van der Waals surface area (Å²) in [5.41, 5.74) is 3.17. The van der Waals surface area contributed by atoms with Crippen LogP contribution in [-0.2, 0) is 17.8 Å². The molecular formula is C15H20N2O2. The highest BCUT2D eigenvalue weighted by atomic mass is 16.5. The van der Waals surface area contributed by atoms with Crippen LogP contribution in [0.3, 0.4) is 0 Å². The third kappa shape index (κ3) is 2.65. The van der Waals surface area contributed by atoms with Gasteiger partial charge in [0.1, 0.15) is 0 Å². The molecule has 0 saturated carbocycles. The molecule has 2 heterocycles. The fourth-order valence-corrected chi connectivity index (χ4v) is 2.73. The fraction of sp³-hybridized carbons (Fsp3) is 0.533. The summed E-state index contributed by atoms with van der Waals surface area (Å²) in [6, 6.07) is 5.98. The molecule has 0 spiro atoms. The van der Waals surface area contributed by atoms with Gasteiger partial charge in [-0.2, -0.15) is 0 Å². The van der Waals surface area contributed by atoms with Crippen molar-refractivity contribution >= 4 is 5.91 Å². The molecule has 4 heteroatoms. The Kier molecular flexibility index (Phi) is 3.29. The molecule has 2 aliphatic rings. The third-order valence-electron chi connectivity index (χ3n) is 4.11. The first-order chi connectivity index (χ1) is 9.16. The van der Waals surface area contributed by atoms with Gasteiger partial charge in [0.25, 0.3) is 5.91 Å². The van der Waals surface area contributed by atoms with Crippen LogP contribution in [0.2, 0.25) is 0 Å². The van der Waals surface area contributed by atoms with Crippen molar-refractivity contribution in [2.75, 3.05) is 13.2 Å². The van der Waals surface area contributed by atoms with Gasteiger partial charge < -0.3 is 15.4 Å². The van der Waals surface area contributed by atoms with Crippen LogP contribution in [0.1, 0.15) is 41.3 Å². The molecule has 0 aliphatic carbocycles. The van der Waals surface area contributed by atoms with Gasteiger partial charge in [-0.1, -0.05) is 6.07 Å². The van der Waals surface area contributed by atoms with Crippen LogP contribution in [0.5, 0.6) is 0 Å². The quantitative estimate of drug-likeness (QED) is 0.849. The molecule has 1 saturated heterocycles. The van der Waals surface area contributed by atoms with E-state index in [4.69, 9.17) is 4.74 Å². The minimum absolute atomic E-state index is 0.0269. The number of carbonyl (C=O) groups excluding carboxylic acids is 1. The first-order valence-electron chi connectivity index (χ1n) is 6.89. The SMILES string of the molecule is CC1(NC(=O)c2ccc3c(c2)CNC3)CCOCC1. The van der Waals surface area contributed by atoms with Crippen LogP contribution in [-0.4, -0.2) is 24.7 Å². The largest absolute Gasteiger partial charge is 0.381 e. The predicted octanol–water partition coefficient (Wildman–Crippen LogP) is 1.59. The van der Waals surface area contributed by atoms with Gasteiger partial charge in [-0.3, -0.25) is 4.79 Å². The number of amides is 1. The van der Waals surface area contributed by atoms with Gasteiger partial charge in [-0.25, -0.2) is 0 Å². The van der Waals surface area contributed by atoms with Crippen molar-refractivity contribution in [1.29, 1.82) is 0 Å². The van der Waals surface area contributed by atoms with Crippen molar-refractivity contribution < 1.29 is 9.53 Å². The van der Waals surface area contributed by atoms with Gasteiger partial charge in [0.05, 0.1) is 0 Å². The summed E-state index contributed by atoms with van der Waals surface area (Å²) in [5.74, 6) is 0.0269. The molecule has 2 N–H and O–H groups in total. The molecular weight excluding hydrogens is 240 g/mol. The average molecular weight is 260 g/mol. The van der Waals surface area contributed by atoms with E-state index in [0.29, 0.717) is 0 Å². The van der Waals surface area contributed by atoms with E-state index in [1.165, 1.54) is 11.1 Å². The molecule has 19 heavy (non-hydrogen) atoms. The second-order valence-corrected chi connectivity index (χ2v) is 5.71. The minimum atomic E-state index is -0.132. The maximum Gasteiger partial charge on any atom is 0.251 e. The van der Waals surface area contributed by atoms with Crippen LogP contribution in [0, 0.1) is 0 Å². The lowest BCUT2D eigenvalue weighted by molar-refractivity contribution is 0.0423. The van der Waals surface area contributed by atoms with E-state index in [1.54, 1.807) is 0 Å². The summed E-state index contributed by atoms with van der Waals surface area (Å²) in [4.78, 5) is 12.3. The fourth-order valence-electron chi connectivity index (χ4n) is 2.73. The van der Waals surface area contributed by atoms with Crippen molar-refractivity contribution in [2.24, 2.45) is 0 Å². The smallest absolute Gasteiger partial charge is 0.251 e. The molecule has 4 nitrogen and oxygen atoms in total. The van der Waals surface area contributed by atoms with E-state index < -0.39 is 0 Å². The monoisotopic (exact) mass is 260 g/mol. The van der Waals surface area contributed by atoms with Crippen LogP contribution in [0.4, 0.5) is 0 Å². The van der Waals surface area contributed by atoms with Gasteiger partial charge in [-0.05, 0) is 43.0 Å². The Balaban J connectivity index is 1.73. The molecule has 102 valence electrons. The van der Waals surface area contributed by atoms with E-state index in [-0.39, 0.29) is 11.4 Å². The molecule has 3 rings (SSSR count). The molecule has 1 aromatic rings. The van der Waals surface area contributed by atoms with Crippen molar-refractivity contribution in [2.45, 2.75) is 38.4 Å². The van der Waals surface area contributed by atoms with Gasteiger partial charge in [-0.15, -0.1) is 0 Å². The summed E-state index contributed by atoms with van der Waals surface area (Å²) < 4.78 is 5.35. The van der Waals surface area contributed by atoms with E-state index in [9.17, 15) is 4.79 Å². The lowest BCUT2D eigenvalue weighted by Crippen LogP contribution is -2.49. The number of benzene rings is 1. The highest BCUT2D eigenvalue weighted by Crippen LogP contribution is 2.22. The zero-order valence-corrected chi connectivity index (χ0v) is 11.3. The Morgan fingerprint density at radius 1 is 1.26 bits per heavy atom. The second-order valence-electron chi connectivity index (χ2n) is 5.71. The number of rotatable bonds is 2. The minimum Gasteiger partial charge on any atom is -0.381 e. The molecule has 1 fully saturated rings. The maximum absolute atomic E-state index is 12.3. The van der Waals surface area contributed by atoms with E-state index in [2.05, 4.69) is 23.6 Å². The van der Waals surface area contributed by atoms with Crippen LogP contribution in [0.25, 0.3) is 0 Å². The maximum atomic E-state index is 12.3. The normalized spacial score (nSPS) is 20.9. The standard InChI is InChI=1S/C15H20N2O2/c1-15(4-6-19-7-5-15)17-14(18)11-2-3-12-9-16-10-13(12)8-11/h2-3,8,16H,4-7,9-10H2,1H3,(H,17,18). The van der Waals surface area contributed by atoms with E-state index >= 15 is 0 Å². The van der Waals surface area contributed by atoms with Gasteiger partial charge >= 0.3 is 0 Å². The van der Waals surface area contributed by atoms with Crippen molar-refractivity contribution in [3.8, 4) is 0 Å². The van der Waals surface area contributed by atoms with Gasteiger partial charge in [0.15, 0.2) is 0 Å². The molecule has 0 bridgehead atoms. The van der Waals surface area contributed by atoms with E-state index in [1.807, 2.05) is 12.1 Å². The Labute approximate surface area is 113 Å². The van der Waals surface area contributed by atoms with E-state index in [0.717, 1.165) is 44.7 Å². The molecule has 1 aromatic carbocycles. The van der Waals surface area contributed by atoms with Crippen molar-refractivity contribution in [1.82, 2.24) is 10.6 Å². The predicted molar refractivity (Wildman–Crippen MR) is 72.9 cm³/mol. The summed E-state index contributed by atoms with van der Waals surface area (Å²) in [6.07, 6.45) is 1.76. The molecule has 0 aromatic heterocycles. The lowest BCUT2D eigenvalue weighted by Gasteiger charge is -2.34. The molecule has 0 radical (unpaired) electrons. The molecule has 0 atom stereocenters. The molecule has 2 aliphatic heterocycles. The molecule has 1 amide bonds. The van der Waals surface area contributed by atoms with Crippen molar-refractivity contribution in [3.05, 3.63) is 34.9 Å². The summed E-state index contributed by atoms with van der Waals surface area (Å²) in [5, 5.41) is 6.46. The Bertz CT molecular complexity index is 493. The Hall–Kier alpha value is -1.39. The average Bonchev–Trinajstić information content (AvgIpc) is 2.86. The summed E-state index contributed by atoms with van der Waals surface area (Å²) in [6.45, 7) is 5.33. The summed E-state index contributed by atoms with van der Waals surface area (Å²) in [7, 11) is 0. The number of nitrogens with one attached hydrogen (secondary N) is 2. The zero-order valence-electron chi connectivity index (χ0n) is 11.3. The zero-order chi connectivity index (χ0) is 13.3. The number of hydrogen-bond acceptors (Lipinski definition) is 3. The lowest BCUT2D eigenvalue weighted by atomic mass is 9.92. The number of hydrogen-bond donors (Lipinski definition) is 2. The van der Waals surface area contributed by atoms with Crippen LogP contribution in [0.15, 0.2) is 18.2 Å². The van der Waals surface area contributed by atoms with Crippen molar-refractivity contribution in [3.63, 3.8) is 0 Å². The number of ether oxygens (including phenoxy) is 1. The number of carbonyl (C=O) groups is 1. The number of fused-ring (bicyclic) bond motifs is 1. The first kappa shape index (κ1) is 12.6. The molecule has 0 unspecified atom stereocenters. The van der Waals surface area contributed by atoms with Gasteiger partial charge in [0, 0.05) is 37.4 Å². The Morgan fingerprint density at radius 2 is 2.00 bits per heavy atom. The third-order valence-corrected chi connectivity index (χ3v) is 4.11. The highest BCUT2D eigenvalue weighted by Gasteiger charge is 2.29.